The van der Waals surface area contributed by atoms with Gasteiger partial charge in [0.2, 0.25) is 5.78 Å². The molecule has 152 valence electrons. The van der Waals surface area contributed by atoms with E-state index in [0.717, 1.165) is 16.7 Å². The number of H-pyrrole nitrogens is 1. The van der Waals surface area contributed by atoms with Crippen molar-refractivity contribution in [3.8, 4) is 22.5 Å². The number of nitrogens with one attached hydrogen (secondary N) is 1. The summed E-state index contributed by atoms with van der Waals surface area (Å²) in [5.74, 6) is -2.98. The maximum atomic E-state index is 14.5. The van der Waals surface area contributed by atoms with Crippen LogP contribution in [0, 0.1) is 17.5 Å². The first-order chi connectivity index (χ1) is 14.4. The van der Waals surface area contributed by atoms with Gasteiger partial charge < -0.3 is 9.72 Å². The Bertz CT molecular complexity index is 1330. The van der Waals surface area contributed by atoms with Crippen LogP contribution in [0.2, 0.25) is 0 Å². The molecule has 9 heteroatoms. The molecule has 6 nitrogen and oxygen atoms in total. The Labute approximate surface area is 167 Å². The van der Waals surface area contributed by atoms with Gasteiger partial charge in [0, 0.05) is 17.2 Å². The first kappa shape index (κ1) is 19.4. The van der Waals surface area contributed by atoms with Crippen LogP contribution in [0.15, 0.2) is 53.5 Å². The molecule has 0 saturated heterocycles. The fourth-order valence-electron chi connectivity index (χ4n) is 3.15. The lowest BCUT2D eigenvalue weighted by Crippen LogP contribution is -2.24. The number of esters is 1. The third kappa shape index (κ3) is 3.24. The molecule has 0 aliphatic rings. The average Bonchev–Trinajstić information content (AvgIpc) is 3.09. The van der Waals surface area contributed by atoms with Crippen LogP contribution < -0.4 is 5.56 Å². The lowest BCUT2D eigenvalue weighted by atomic mass is 10.0. The van der Waals surface area contributed by atoms with E-state index in [-0.39, 0.29) is 34.9 Å². The highest BCUT2D eigenvalue weighted by Crippen LogP contribution is 2.33. The molecule has 0 radical (unpaired) electrons. The number of nitrogens with zero attached hydrogens (tertiary/aromatic N) is 2. The van der Waals surface area contributed by atoms with Gasteiger partial charge in [-0.15, -0.1) is 0 Å². The van der Waals surface area contributed by atoms with Crippen LogP contribution in [-0.2, 0) is 4.74 Å². The second-order valence-electron chi connectivity index (χ2n) is 6.34. The number of aromatic nitrogens is 3. The van der Waals surface area contributed by atoms with Crippen LogP contribution >= 0.6 is 0 Å². The van der Waals surface area contributed by atoms with Gasteiger partial charge in [0.25, 0.3) is 5.56 Å². The van der Waals surface area contributed by atoms with Gasteiger partial charge in [-0.3, -0.25) is 4.79 Å². The maximum absolute atomic E-state index is 14.5. The predicted molar refractivity (Wildman–Crippen MR) is 103 cm³/mol. The summed E-state index contributed by atoms with van der Waals surface area (Å²) in [5, 5.41) is 0. The van der Waals surface area contributed by atoms with Gasteiger partial charge in [0.15, 0.2) is 0 Å². The molecule has 0 spiro atoms. The standard InChI is InChI=1S/C21H14F3N3O3/c1-2-30-20(29)15-10-25-21-26-17(14-8-7-13(23)9-16(14)24)18(27(21)19(15)28)11-3-5-12(22)6-4-11/h3-10H,2H2,1H3,(H,25,26). The van der Waals surface area contributed by atoms with Gasteiger partial charge in [-0.25, -0.2) is 27.4 Å². The summed E-state index contributed by atoms with van der Waals surface area (Å²) in [7, 11) is 0. The summed E-state index contributed by atoms with van der Waals surface area (Å²) < 4.78 is 47.4. The van der Waals surface area contributed by atoms with Gasteiger partial charge in [-0.05, 0) is 43.3 Å². The summed E-state index contributed by atoms with van der Waals surface area (Å²) in [6.07, 6.45) is 1.06. The number of hydrogen-bond donors (Lipinski definition) is 1. The molecular formula is C21H14F3N3O3. The number of imidazole rings is 1. The summed E-state index contributed by atoms with van der Waals surface area (Å²) in [6, 6.07) is 8.12. The Kier molecular flexibility index (Phi) is 4.86. The summed E-state index contributed by atoms with van der Waals surface area (Å²) >= 11 is 0. The Morgan fingerprint density at radius 1 is 1.10 bits per heavy atom. The van der Waals surface area contributed by atoms with E-state index in [0.29, 0.717) is 11.6 Å². The Hall–Kier alpha value is -3.88. The highest BCUT2D eigenvalue weighted by Gasteiger charge is 2.23. The monoisotopic (exact) mass is 413 g/mol. The summed E-state index contributed by atoms with van der Waals surface area (Å²) in [5.41, 5.74) is -0.487. The number of benzene rings is 2. The van der Waals surface area contributed by atoms with E-state index in [9.17, 15) is 22.8 Å². The van der Waals surface area contributed by atoms with E-state index < -0.39 is 29.0 Å². The minimum absolute atomic E-state index is 0.0195. The molecule has 4 rings (SSSR count). The van der Waals surface area contributed by atoms with E-state index in [4.69, 9.17) is 4.74 Å². The largest absolute Gasteiger partial charge is 0.462 e. The quantitative estimate of drug-likeness (QED) is 0.514. The number of halogens is 3. The van der Waals surface area contributed by atoms with Crippen LogP contribution in [0.5, 0.6) is 0 Å². The lowest BCUT2D eigenvalue weighted by Gasteiger charge is -2.07. The van der Waals surface area contributed by atoms with Crippen molar-refractivity contribution in [3.63, 3.8) is 0 Å². The maximum Gasteiger partial charge on any atom is 0.345 e. The average molecular weight is 413 g/mol. The van der Waals surface area contributed by atoms with Gasteiger partial charge in [0.1, 0.15) is 23.0 Å². The number of ether oxygens (including phenoxy) is 1. The molecule has 2 aromatic carbocycles. The fraction of sp³-hybridized carbons (Fsp3) is 0.0952. The number of fused-ring (bicyclic) bond motifs is 1. The van der Waals surface area contributed by atoms with Crippen molar-refractivity contribution in [3.05, 3.63) is 82.0 Å². The van der Waals surface area contributed by atoms with Gasteiger partial charge >= 0.3 is 5.97 Å². The smallest absolute Gasteiger partial charge is 0.345 e. The summed E-state index contributed by atoms with van der Waals surface area (Å²) in [6.45, 7) is 1.65. The normalized spacial score (nSPS) is 11.1. The molecule has 0 aliphatic heterocycles. The van der Waals surface area contributed by atoms with Crippen molar-refractivity contribution in [1.29, 1.82) is 0 Å². The van der Waals surface area contributed by atoms with Crippen LogP contribution in [0.4, 0.5) is 13.2 Å². The zero-order valence-electron chi connectivity index (χ0n) is 15.6. The highest BCUT2D eigenvalue weighted by molar-refractivity contribution is 5.89. The first-order valence-electron chi connectivity index (χ1n) is 8.93. The molecule has 2 heterocycles. The molecule has 0 atom stereocenters. The number of hydrogen-bond acceptors (Lipinski definition) is 4. The SMILES string of the molecule is CCOC(=O)c1cnc2[nH]c(-c3ccc(F)cc3F)c(-c3ccc(F)cc3)n2c1=O. The Morgan fingerprint density at radius 2 is 1.80 bits per heavy atom. The zero-order valence-corrected chi connectivity index (χ0v) is 15.6. The van der Waals surface area contributed by atoms with Crippen molar-refractivity contribution in [1.82, 2.24) is 14.4 Å². The molecule has 30 heavy (non-hydrogen) atoms. The number of carbonyl (C=O) groups excluding carboxylic acids is 1. The lowest BCUT2D eigenvalue weighted by molar-refractivity contribution is 0.0523. The predicted octanol–water partition coefficient (Wildman–Crippen LogP) is 3.95. The number of rotatable bonds is 4. The van der Waals surface area contributed by atoms with E-state index >= 15 is 0 Å². The van der Waals surface area contributed by atoms with Crippen molar-refractivity contribution < 1.29 is 22.7 Å². The van der Waals surface area contributed by atoms with Gasteiger partial charge in [-0.2, -0.15) is 0 Å². The molecule has 0 unspecified atom stereocenters. The van der Waals surface area contributed by atoms with Crippen molar-refractivity contribution in [2.24, 2.45) is 0 Å². The molecule has 4 aromatic rings. The third-order valence-electron chi connectivity index (χ3n) is 4.47. The number of aromatic amines is 1. The summed E-state index contributed by atoms with van der Waals surface area (Å²) in [4.78, 5) is 32.1. The van der Waals surface area contributed by atoms with E-state index in [1.807, 2.05) is 0 Å². The molecule has 1 N–H and O–H groups in total. The van der Waals surface area contributed by atoms with E-state index in [2.05, 4.69) is 9.97 Å². The number of carbonyl (C=O) groups is 1. The third-order valence-corrected chi connectivity index (χ3v) is 4.47. The molecule has 0 bridgehead atoms. The Morgan fingerprint density at radius 3 is 2.47 bits per heavy atom. The molecule has 0 aliphatic carbocycles. The fourth-order valence-corrected chi connectivity index (χ4v) is 3.15. The topological polar surface area (TPSA) is 76.5 Å². The van der Waals surface area contributed by atoms with Crippen LogP contribution in [0.25, 0.3) is 28.3 Å². The second kappa shape index (κ2) is 7.51. The van der Waals surface area contributed by atoms with E-state index in [1.165, 1.54) is 30.3 Å². The van der Waals surface area contributed by atoms with Crippen LogP contribution in [0.3, 0.4) is 0 Å². The van der Waals surface area contributed by atoms with Crippen molar-refractivity contribution in [2.45, 2.75) is 6.92 Å². The Balaban J connectivity index is 2.08. The minimum atomic E-state index is -0.872. The molecule has 0 fully saturated rings. The van der Waals surface area contributed by atoms with Crippen LogP contribution in [-0.4, -0.2) is 26.9 Å². The van der Waals surface area contributed by atoms with Crippen molar-refractivity contribution >= 4 is 11.7 Å². The zero-order chi connectivity index (χ0) is 21.4. The highest BCUT2D eigenvalue weighted by atomic mass is 19.1. The molecule has 0 amide bonds. The molecular weight excluding hydrogens is 399 g/mol. The minimum Gasteiger partial charge on any atom is -0.462 e. The second-order valence-corrected chi connectivity index (χ2v) is 6.34. The molecule has 0 saturated carbocycles. The van der Waals surface area contributed by atoms with Gasteiger partial charge in [0.05, 0.1) is 24.2 Å². The van der Waals surface area contributed by atoms with Gasteiger partial charge in [-0.1, -0.05) is 0 Å². The van der Waals surface area contributed by atoms with Crippen molar-refractivity contribution in [2.75, 3.05) is 6.61 Å². The molecule has 2 aromatic heterocycles. The van der Waals surface area contributed by atoms with E-state index in [1.54, 1.807) is 6.92 Å². The first-order valence-corrected chi connectivity index (χ1v) is 8.93. The van der Waals surface area contributed by atoms with Crippen LogP contribution in [0.1, 0.15) is 17.3 Å².